The van der Waals surface area contributed by atoms with Gasteiger partial charge in [-0.05, 0) is 59.8 Å². The van der Waals surface area contributed by atoms with Gasteiger partial charge in [-0.15, -0.1) is 10.2 Å². The molecule has 2 aromatic heterocycles. The molecule has 0 aliphatic carbocycles. The highest BCUT2D eigenvalue weighted by molar-refractivity contribution is 8.00. The summed E-state index contributed by atoms with van der Waals surface area (Å²) < 4.78 is 35.1. The number of hydrogen-bond donors (Lipinski definition) is 1. The fraction of sp³-hybridized carbons (Fsp3) is 0.217. The maximum Gasteiger partial charge on any atom is 0.239 e. The Kier molecular flexibility index (Phi) is 6.65. The standard InChI is InChI=1S/C23H23FN4O3S/c1-15(16-9-11-17(24)12-10-16)14-32-27-23-26-25-22(20-8-5-13-31-20)28(23)21-18(29-2)6-4-7-19(21)30-3/h4-13,15H,14H2,1-3H3,(H,26,27). The first-order valence-electron chi connectivity index (χ1n) is 9.96. The third-order valence-corrected chi connectivity index (χ3v) is 5.96. The number of para-hydroxylation sites is 1. The zero-order valence-electron chi connectivity index (χ0n) is 17.9. The van der Waals surface area contributed by atoms with E-state index in [9.17, 15) is 4.39 Å². The minimum atomic E-state index is -0.240. The van der Waals surface area contributed by atoms with Gasteiger partial charge in [-0.1, -0.05) is 25.1 Å². The Morgan fingerprint density at radius 3 is 2.38 bits per heavy atom. The van der Waals surface area contributed by atoms with Crippen LogP contribution in [0.2, 0.25) is 0 Å². The van der Waals surface area contributed by atoms with E-state index in [1.54, 1.807) is 38.7 Å². The monoisotopic (exact) mass is 454 g/mol. The van der Waals surface area contributed by atoms with Gasteiger partial charge in [0.2, 0.25) is 11.8 Å². The first-order valence-corrected chi connectivity index (χ1v) is 10.9. The zero-order valence-corrected chi connectivity index (χ0v) is 18.7. The van der Waals surface area contributed by atoms with Gasteiger partial charge in [0.15, 0.2) is 5.76 Å². The molecule has 0 saturated carbocycles. The van der Waals surface area contributed by atoms with Crippen LogP contribution in [0.1, 0.15) is 18.4 Å². The number of anilines is 1. The first-order chi connectivity index (χ1) is 15.6. The van der Waals surface area contributed by atoms with Gasteiger partial charge in [-0.3, -0.25) is 9.29 Å². The molecule has 1 N–H and O–H groups in total. The van der Waals surface area contributed by atoms with Crippen LogP contribution < -0.4 is 14.2 Å². The molecule has 0 radical (unpaired) electrons. The predicted molar refractivity (Wildman–Crippen MR) is 123 cm³/mol. The number of furan rings is 1. The van der Waals surface area contributed by atoms with Crippen molar-refractivity contribution in [3.8, 4) is 28.8 Å². The van der Waals surface area contributed by atoms with E-state index in [0.717, 1.165) is 11.3 Å². The maximum absolute atomic E-state index is 13.2. The number of nitrogens with zero attached hydrogens (tertiary/aromatic N) is 3. The number of benzene rings is 2. The van der Waals surface area contributed by atoms with Crippen molar-refractivity contribution in [1.82, 2.24) is 14.8 Å². The summed E-state index contributed by atoms with van der Waals surface area (Å²) in [6.07, 6.45) is 1.58. The molecular weight excluding hydrogens is 431 g/mol. The van der Waals surface area contributed by atoms with Crippen LogP contribution in [0.4, 0.5) is 10.3 Å². The molecule has 0 aliphatic heterocycles. The minimum absolute atomic E-state index is 0.204. The Hall–Kier alpha value is -3.46. The summed E-state index contributed by atoms with van der Waals surface area (Å²) in [5.74, 6) is 3.46. The fourth-order valence-corrected chi connectivity index (χ4v) is 4.09. The summed E-state index contributed by atoms with van der Waals surface area (Å²) in [5.41, 5.74) is 1.72. The number of ether oxygens (including phenoxy) is 2. The van der Waals surface area contributed by atoms with E-state index in [2.05, 4.69) is 21.8 Å². The normalized spacial score (nSPS) is 11.9. The second-order valence-electron chi connectivity index (χ2n) is 7.04. The van der Waals surface area contributed by atoms with Crippen LogP contribution in [-0.2, 0) is 0 Å². The molecule has 0 bridgehead atoms. The van der Waals surface area contributed by atoms with Crippen molar-refractivity contribution in [2.75, 3.05) is 24.7 Å². The van der Waals surface area contributed by atoms with Crippen molar-refractivity contribution in [3.05, 3.63) is 72.2 Å². The highest BCUT2D eigenvalue weighted by Crippen LogP contribution is 2.38. The van der Waals surface area contributed by atoms with Gasteiger partial charge in [0.25, 0.3) is 0 Å². The predicted octanol–water partition coefficient (Wildman–Crippen LogP) is 5.55. The number of nitrogens with one attached hydrogen (secondary N) is 1. The van der Waals surface area contributed by atoms with E-state index in [4.69, 9.17) is 13.9 Å². The minimum Gasteiger partial charge on any atom is -0.494 e. The smallest absolute Gasteiger partial charge is 0.239 e. The van der Waals surface area contributed by atoms with E-state index in [1.165, 1.54) is 24.1 Å². The van der Waals surface area contributed by atoms with Gasteiger partial charge in [0.05, 0.1) is 20.5 Å². The average molecular weight is 455 g/mol. The van der Waals surface area contributed by atoms with Crippen molar-refractivity contribution in [2.24, 2.45) is 0 Å². The largest absolute Gasteiger partial charge is 0.494 e. The second kappa shape index (κ2) is 9.78. The fourth-order valence-electron chi connectivity index (χ4n) is 3.30. The molecule has 4 aromatic rings. The van der Waals surface area contributed by atoms with Gasteiger partial charge in [0, 0.05) is 5.75 Å². The van der Waals surface area contributed by atoms with E-state index in [1.807, 2.05) is 28.8 Å². The molecule has 0 saturated heterocycles. The van der Waals surface area contributed by atoms with Crippen LogP contribution in [-0.4, -0.2) is 34.7 Å². The summed E-state index contributed by atoms with van der Waals surface area (Å²) in [7, 11) is 3.20. The van der Waals surface area contributed by atoms with E-state index in [0.29, 0.717) is 34.7 Å². The van der Waals surface area contributed by atoms with E-state index < -0.39 is 0 Å². The molecule has 166 valence electrons. The van der Waals surface area contributed by atoms with E-state index >= 15 is 0 Å². The highest BCUT2D eigenvalue weighted by atomic mass is 32.2. The molecule has 4 rings (SSSR count). The first kappa shape index (κ1) is 21.8. The number of hydrogen-bond acceptors (Lipinski definition) is 7. The van der Waals surface area contributed by atoms with Crippen LogP contribution in [0.25, 0.3) is 17.3 Å². The SMILES string of the molecule is COc1cccc(OC)c1-n1c(NSCC(C)c2ccc(F)cc2)nnc1-c1ccco1. The summed E-state index contributed by atoms with van der Waals surface area (Å²) in [6.45, 7) is 2.09. The summed E-state index contributed by atoms with van der Waals surface area (Å²) in [5, 5.41) is 8.68. The van der Waals surface area contributed by atoms with E-state index in [-0.39, 0.29) is 11.7 Å². The lowest BCUT2D eigenvalue weighted by Gasteiger charge is -2.17. The van der Waals surface area contributed by atoms with Crippen molar-refractivity contribution in [1.29, 1.82) is 0 Å². The molecule has 0 aliphatic rings. The lowest BCUT2D eigenvalue weighted by Crippen LogP contribution is -2.07. The Bertz CT molecular complexity index is 1140. The molecule has 2 heterocycles. The second-order valence-corrected chi connectivity index (χ2v) is 7.86. The number of rotatable bonds is 9. The Morgan fingerprint density at radius 2 is 1.75 bits per heavy atom. The van der Waals surface area contributed by atoms with Crippen molar-refractivity contribution in [3.63, 3.8) is 0 Å². The zero-order chi connectivity index (χ0) is 22.5. The topological polar surface area (TPSA) is 74.3 Å². The maximum atomic E-state index is 13.2. The molecule has 1 unspecified atom stereocenters. The Morgan fingerprint density at radius 1 is 1.03 bits per heavy atom. The molecule has 9 heteroatoms. The lowest BCUT2D eigenvalue weighted by atomic mass is 10.0. The Labute approximate surface area is 189 Å². The molecule has 1 atom stereocenters. The summed E-state index contributed by atoms with van der Waals surface area (Å²) in [6, 6.07) is 15.7. The van der Waals surface area contributed by atoms with Crippen LogP contribution >= 0.6 is 11.9 Å². The van der Waals surface area contributed by atoms with Crippen molar-refractivity contribution >= 4 is 17.9 Å². The van der Waals surface area contributed by atoms with Crippen LogP contribution in [0, 0.1) is 5.82 Å². The quantitative estimate of drug-likeness (QED) is 0.333. The lowest BCUT2D eigenvalue weighted by molar-refractivity contribution is 0.391. The number of halogens is 1. The average Bonchev–Trinajstić information content (AvgIpc) is 3.48. The van der Waals surface area contributed by atoms with Crippen LogP contribution in [0.3, 0.4) is 0 Å². The number of methoxy groups -OCH3 is 2. The van der Waals surface area contributed by atoms with Crippen molar-refractivity contribution < 1.29 is 18.3 Å². The molecule has 7 nitrogen and oxygen atoms in total. The molecule has 0 amide bonds. The van der Waals surface area contributed by atoms with Crippen LogP contribution in [0.5, 0.6) is 11.5 Å². The molecule has 32 heavy (non-hydrogen) atoms. The van der Waals surface area contributed by atoms with Gasteiger partial charge >= 0.3 is 0 Å². The van der Waals surface area contributed by atoms with Gasteiger partial charge in [0.1, 0.15) is 23.0 Å². The van der Waals surface area contributed by atoms with Gasteiger partial charge < -0.3 is 13.9 Å². The summed E-state index contributed by atoms with van der Waals surface area (Å²) in [4.78, 5) is 0. The van der Waals surface area contributed by atoms with Crippen LogP contribution in [0.15, 0.2) is 65.3 Å². The molecule has 0 fully saturated rings. The number of aromatic nitrogens is 3. The molecular formula is C23H23FN4O3S. The molecule has 2 aromatic carbocycles. The molecule has 0 spiro atoms. The Balaban J connectivity index is 1.65. The highest BCUT2D eigenvalue weighted by Gasteiger charge is 2.23. The van der Waals surface area contributed by atoms with Crippen molar-refractivity contribution in [2.45, 2.75) is 12.8 Å². The third-order valence-electron chi connectivity index (χ3n) is 4.97. The summed E-state index contributed by atoms with van der Waals surface area (Å²) >= 11 is 1.48. The van der Waals surface area contributed by atoms with Gasteiger partial charge in [-0.2, -0.15) is 0 Å². The third kappa shape index (κ3) is 4.43. The van der Waals surface area contributed by atoms with Gasteiger partial charge in [-0.25, -0.2) is 4.39 Å².